The van der Waals surface area contributed by atoms with Gasteiger partial charge in [-0.15, -0.1) is 0 Å². The number of carbonyl (C=O) groups excluding carboxylic acids is 1. The minimum atomic E-state index is -0.225. The SMILES string of the molecule is Cc1nn(C)c2nc(C(C)C)cc(C(=O)Nc3nc4cc5c(cc4s3)OCCO5)c12. The zero-order valence-electron chi connectivity index (χ0n) is 17.1. The third-order valence-electron chi connectivity index (χ3n) is 5.10. The average Bonchev–Trinajstić information content (AvgIpc) is 3.24. The Hall–Kier alpha value is -3.20. The molecular weight excluding hydrogens is 402 g/mol. The number of hydrogen-bond donors (Lipinski definition) is 1. The molecule has 0 spiro atoms. The topological polar surface area (TPSA) is 91.2 Å². The number of fused-ring (bicyclic) bond motifs is 3. The molecule has 1 aromatic carbocycles. The first-order valence-corrected chi connectivity index (χ1v) is 10.6. The molecule has 30 heavy (non-hydrogen) atoms. The fourth-order valence-electron chi connectivity index (χ4n) is 3.62. The van der Waals surface area contributed by atoms with Crippen molar-refractivity contribution in [3.63, 3.8) is 0 Å². The van der Waals surface area contributed by atoms with Crippen molar-refractivity contribution in [3.05, 3.63) is 35.2 Å². The van der Waals surface area contributed by atoms with Gasteiger partial charge in [0.1, 0.15) is 13.2 Å². The van der Waals surface area contributed by atoms with E-state index in [0.29, 0.717) is 41.1 Å². The third kappa shape index (κ3) is 3.06. The van der Waals surface area contributed by atoms with Gasteiger partial charge in [-0.05, 0) is 18.9 Å². The lowest BCUT2D eigenvalue weighted by Gasteiger charge is -2.17. The number of nitrogens with one attached hydrogen (secondary N) is 1. The number of anilines is 1. The van der Waals surface area contributed by atoms with Gasteiger partial charge < -0.3 is 9.47 Å². The summed E-state index contributed by atoms with van der Waals surface area (Å²) in [6.45, 7) is 7.05. The van der Waals surface area contributed by atoms with Crippen LogP contribution in [0.3, 0.4) is 0 Å². The van der Waals surface area contributed by atoms with Crippen LogP contribution in [0.1, 0.15) is 41.5 Å². The molecule has 154 valence electrons. The van der Waals surface area contributed by atoms with Crippen molar-refractivity contribution >= 4 is 43.6 Å². The summed E-state index contributed by atoms with van der Waals surface area (Å²) in [6.07, 6.45) is 0. The summed E-state index contributed by atoms with van der Waals surface area (Å²) in [5, 5.41) is 8.69. The molecule has 1 N–H and O–H groups in total. The maximum absolute atomic E-state index is 13.2. The van der Waals surface area contributed by atoms with Crippen LogP contribution >= 0.6 is 11.3 Å². The molecule has 4 heterocycles. The van der Waals surface area contributed by atoms with Crippen molar-refractivity contribution in [1.29, 1.82) is 0 Å². The molecule has 1 aliphatic rings. The first-order valence-electron chi connectivity index (χ1n) is 9.76. The van der Waals surface area contributed by atoms with E-state index in [0.717, 1.165) is 27.0 Å². The van der Waals surface area contributed by atoms with Gasteiger partial charge in [-0.25, -0.2) is 9.97 Å². The van der Waals surface area contributed by atoms with Crippen LogP contribution < -0.4 is 14.8 Å². The van der Waals surface area contributed by atoms with E-state index in [-0.39, 0.29) is 11.8 Å². The Labute approximate surface area is 176 Å². The molecule has 1 aliphatic heterocycles. The van der Waals surface area contributed by atoms with Crippen molar-refractivity contribution in [2.75, 3.05) is 18.5 Å². The van der Waals surface area contributed by atoms with Crippen LogP contribution in [0.2, 0.25) is 0 Å². The van der Waals surface area contributed by atoms with Gasteiger partial charge in [-0.1, -0.05) is 25.2 Å². The first kappa shape index (κ1) is 18.8. The lowest BCUT2D eigenvalue weighted by molar-refractivity contribution is 0.102. The quantitative estimate of drug-likeness (QED) is 0.535. The van der Waals surface area contributed by atoms with Crippen molar-refractivity contribution < 1.29 is 14.3 Å². The molecule has 0 fully saturated rings. The van der Waals surface area contributed by atoms with E-state index < -0.39 is 0 Å². The van der Waals surface area contributed by atoms with Crippen LogP contribution in [0.25, 0.3) is 21.3 Å². The Morgan fingerprint density at radius 2 is 1.90 bits per heavy atom. The number of aryl methyl sites for hydroxylation is 2. The maximum atomic E-state index is 13.2. The van der Waals surface area contributed by atoms with Crippen LogP contribution in [0.5, 0.6) is 11.5 Å². The third-order valence-corrected chi connectivity index (χ3v) is 6.03. The number of rotatable bonds is 3. The molecule has 0 saturated heterocycles. The summed E-state index contributed by atoms with van der Waals surface area (Å²) in [4.78, 5) is 22.5. The maximum Gasteiger partial charge on any atom is 0.258 e. The van der Waals surface area contributed by atoms with E-state index in [1.54, 1.807) is 4.68 Å². The molecule has 8 nitrogen and oxygen atoms in total. The molecule has 0 bridgehead atoms. The summed E-state index contributed by atoms with van der Waals surface area (Å²) in [6, 6.07) is 5.61. The Morgan fingerprint density at radius 3 is 2.63 bits per heavy atom. The molecule has 0 radical (unpaired) electrons. The van der Waals surface area contributed by atoms with Gasteiger partial charge in [0.2, 0.25) is 0 Å². The molecule has 0 aliphatic carbocycles. The Balaban J connectivity index is 1.54. The van der Waals surface area contributed by atoms with E-state index >= 15 is 0 Å². The van der Waals surface area contributed by atoms with Crippen molar-refractivity contribution in [1.82, 2.24) is 19.7 Å². The predicted octanol–water partition coefficient (Wildman–Crippen LogP) is 4.03. The Kier molecular flexibility index (Phi) is 4.35. The number of hydrogen-bond acceptors (Lipinski definition) is 7. The molecule has 4 aromatic rings. The van der Waals surface area contributed by atoms with Gasteiger partial charge in [0.15, 0.2) is 22.3 Å². The average molecular weight is 423 g/mol. The molecule has 0 atom stereocenters. The molecule has 0 saturated carbocycles. The molecule has 0 unspecified atom stereocenters. The molecule has 9 heteroatoms. The van der Waals surface area contributed by atoms with E-state index in [4.69, 9.17) is 14.5 Å². The minimum Gasteiger partial charge on any atom is -0.486 e. The predicted molar refractivity (Wildman–Crippen MR) is 116 cm³/mol. The number of nitrogens with zero attached hydrogens (tertiary/aromatic N) is 4. The zero-order chi connectivity index (χ0) is 21.0. The second-order valence-electron chi connectivity index (χ2n) is 7.59. The monoisotopic (exact) mass is 423 g/mol. The van der Waals surface area contributed by atoms with Crippen LogP contribution in [0.4, 0.5) is 5.13 Å². The Morgan fingerprint density at radius 1 is 1.17 bits per heavy atom. The molecule has 3 aromatic heterocycles. The van der Waals surface area contributed by atoms with Crippen molar-refractivity contribution in [3.8, 4) is 11.5 Å². The van der Waals surface area contributed by atoms with Gasteiger partial charge in [0.05, 0.1) is 26.9 Å². The second-order valence-corrected chi connectivity index (χ2v) is 8.62. The summed E-state index contributed by atoms with van der Waals surface area (Å²) in [7, 11) is 1.84. The van der Waals surface area contributed by atoms with Gasteiger partial charge in [-0.2, -0.15) is 5.10 Å². The highest BCUT2D eigenvalue weighted by Gasteiger charge is 2.21. The lowest BCUT2D eigenvalue weighted by Crippen LogP contribution is -2.15. The van der Waals surface area contributed by atoms with Crippen LogP contribution in [0, 0.1) is 6.92 Å². The molecular formula is C21H21N5O3S. The number of benzene rings is 1. The Bertz CT molecular complexity index is 1260. The standard InChI is InChI=1S/C21H21N5O3S/c1-10(2)13-7-12(18-11(3)25-26(4)19(18)22-13)20(27)24-21-23-14-8-15-16(9-17(14)30-21)29-6-5-28-15/h7-10H,5-6H2,1-4H3,(H,23,24,27). The number of ether oxygens (including phenoxy) is 2. The van der Waals surface area contributed by atoms with Crippen LogP contribution in [-0.2, 0) is 7.05 Å². The minimum absolute atomic E-state index is 0.185. The van der Waals surface area contributed by atoms with Gasteiger partial charge in [0.25, 0.3) is 5.91 Å². The number of carbonyl (C=O) groups is 1. The summed E-state index contributed by atoms with van der Waals surface area (Å²) in [5.41, 5.74) is 3.64. The highest BCUT2D eigenvalue weighted by atomic mass is 32.1. The van der Waals surface area contributed by atoms with E-state index in [1.807, 2.05) is 32.2 Å². The van der Waals surface area contributed by atoms with E-state index in [9.17, 15) is 4.79 Å². The smallest absolute Gasteiger partial charge is 0.258 e. The number of thiazole rings is 1. The zero-order valence-corrected chi connectivity index (χ0v) is 18.0. The van der Waals surface area contributed by atoms with Crippen LogP contribution in [-0.4, -0.2) is 38.9 Å². The van der Waals surface area contributed by atoms with E-state index in [1.165, 1.54) is 11.3 Å². The normalized spacial score (nSPS) is 13.4. The summed E-state index contributed by atoms with van der Waals surface area (Å²) >= 11 is 1.40. The number of amides is 1. The van der Waals surface area contributed by atoms with Crippen molar-refractivity contribution in [2.24, 2.45) is 7.05 Å². The highest BCUT2D eigenvalue weighted by Crippen LogP contribution is 2.38. The largest absolute Gasteiger partial charge is 0.486 e. The summed E-state index contributed by atoms with van der Waals surface area (Å²) < 4.78 is 13.9. The highest BCUT2D eigenvalue weighted by molar-refractivity contribution is 7.22. The van der Waals surface area contributed by atoms with E-state index in [2.05, 4.69) is 29.2 Å². The second kappa shape index (κ2) is 6.94. The number of pyridine rings is 1. The fourth-order valence-corrected chi connectivity index (χ4v) is 4.49. The molecule has 5 rings (SSSR count). The van der Waals surface area contributed by atoms with Gasteiger partial charge in [0, 0.05) is 24.9 Å². The van der Waals surface area contributed by atoms with Gasteiger partial charge in [-0.3, -0.25) is 14.8 Å². The first-order chi connectivity index (χ1) is 14.4. The van der Waals surface area contributed by atoms with Crippen LogP contribution in [0.15, 0.2) is 18.2 Å². The molecule has 1 amide bonds. The lowest BCUT2D eigenvalue weighted by atomic mass is 10.0. The number of aromatic nitrogens is 4. The van der Waals surface area contributed by atoms with Crippen molar-refractivity contribution in [2.45, 2.75) is 26.7 Å². The van der Waals surface area contributed by atoms with Gasteiger partial charge >= 0.3 is 0 Å². The fraction of sp³-hybridized carbons (Fsp3) is 0.333. The summed E-state index contributed by atoms with van der Waals surface area (Å²) in [5.74, 6) is 1.35.